The van der Waals surface area contributed by atoms with Gasteiger partial charge in [-0.05, 0) is 55.4 Å². The van der Waals surface area contributed by atoms with Crippen molar-refractivity contribution < 1.29 is 28.6 Å². The van der Waals surface area contributed by atoms with E-state index in [0.29, 0.717) is 6.42 Å². The Kier molecular flexibility index (Phi) is 4.00. The summed E-state index contributed by atoms with van der Waals surface area (Å²) in [4.78, 5) is 24.3. The monoisotopic (exact) mass is 392 g/mol. The molecule has 0 radical (unpaired) electrons. The molecule has 4 aliphatic carbocycles. The Morgan fingerprint density at radius 3 is 2.54 bits per heavy atom. The Labute approximate surface area is 163 Å². The molecule has 0 aromatic carbocycles. The van der Waals surface area contributed by atoms with Gasteiger partial charge in [0.1, 0.15) is 24.0 Å². The summed E-state index contributed by atoms with van der Waals surface area (Å²) in [6, 6.07) is 0. The number of Topliss-reactive ketones (excluding diaryl/α,β-unsaturated/α-hetero) is 1. The van der Waals surface area contributed by atoms with Crippen LogP contribution in [0, 0.1) is 28.6 Å². The number of allylic oxidation sites excluding steroid dienone is 5. The number of alkyl halides is 2. The first-order valence-electron chi connectivity index (χ1n) is 9.81. The van der Waals surface area contributed by atoms with Crippen molar-refractivity contribution in [1.29, 1.82) is 0 Å². The third-order valence-corrected chi connectivity index (χ3v) is 8.25. The Bertz CT molecular complexity index is 847. The Morgan fingerprint density at radius 1 is 1.21 bits per heavy atom. The summed E-state index contributed by atoms with van der Waals surface area (Å²) in [6.45, 7) is 4.22. The highest BCUT2D eigenvalue weighted by atomic mass is 19.1. The summed E-state index contributed by atoms with van der Waals surface area (Å²) in [7, 11) is 0. The second kappa shape index (κ2) is 5.70. The zero-order valence-electron chi connectivity index (χ0n) is 16.3. The van der Waals surface area contributed by atoms with Gasteiger partial charge in [0.25, 0.3) is 0 Å². The molecule has 4 rings (SSSR count). The Morgan fingerprint density at radius 2 is 1.89 bits per heavy atom. The van der Waals surface area contributed by atoms with E-state index in [1.165, 1.54) is 24.3 Å². The van der Waals surface area contributed by atoms with Crippen LogP contribution < -0.4 is 0 Å². The van der Waals surface area contributed by atoms with Gasteiger partial charge >= 0.3 is 0 Å². The standard InChI is InChI=1S/C22H26F2O4/c1-12-8-14-15-10-17(23)16-9-13(26)4-5-19(16,2)21(15,24)7-6-20(14,3)22(12,28)18(27)11-25/h4-7,9,12,14-15,17,25,28H,8,10-11H2,1-3H3/t12?,14-,15-,17?,19-,20-,21+,22-/m0/s1. The molecular formula is C22H26F2O4. The fourth-order valence-corrected chi connectivity index (χ4v) is 6.55. The minimum atomic E-state index is -1.93. The zero-order valence-corrected chi connectivity index (χ0v) is 16.3. The van der Waals surface area contributed by atoms with E-state index in [0.717, 1.165) is 0 Å². The summed E-state index contributed by atoms with van der Waals surface area (Å²) in [6.07, 6.45) is 5.63. The summed E-state index contributed by atoms with van der Waals surface area (Å²) in [5, 5.41) is 20.7. The molecule has 0 spiro atoms. The number of hydrogen-bond acceptors (Lipinski definition) is 4. The van der Waals surface area contributed by atoms with Crippen molar-refractivity contribution in [3.05, 3.63) is 36.0 Å². The summed E-state index contributed by atoms with van der Waals surface area (Å²) in [5.74, 6) is -2.77. The van der Waals surface area contributed by atoms with E-state index in [1.807, 2.05) is 0 Å². The van der Waals surface area contributed by atoms with E-state index >= 15 is 8.78 Å². The molecule has 152 valence electrons. The fraction of sp³-hybridized carbons (Fsp3) is 0.636. The number of aliphatic hydroxyl groups excluding tert-OH is 1. The molecule has 0 aromatic rings. The first-order chi connectivity index (χ1) is 13.0. The van der Waals surface area contributed by atoms with E-state index < -0.39 is 58.4 Å². The quantitative estimate of drug-likeness (QED) is 0.709. The summed E-state index contributed by atoms with van der Waals surface area (Å²) >= 11 is 0. The van der Waals surface area contributed by atoms with Crippen LogP contribution >= 0.6 is 0 Å². The van der Waals surface area contributed by atoms with Crippen LogP contribution in [-0.2, 0) is 9.59 Å². The number of hydrogen-bond donors (Lipinski definition) is 2. The molecule has 4 aliphatic rings. The van der Waals surface area contributed by atoms with E-state index in [-0.39, 0.29) is 17.8 Å². The molecule has 2 fully saturated rings. The first kappa shape index (κ1) is 19.6. The third-order valence-electron chi connectivity index (χ3n) is 8.25. The molecule has 0 saturated heterocycles. The molecule has 6 heteroatoms. The van der Waals surface area contributed by atoms with Gasteiger partial charge in [-0.15, -0.1) is 0 Å². The van der Waals surface area contributed by atoms with Gasteiger partial charge in [0.2, 0.25) is 0 Å². The molecule has 4 nitrogen and oxygen atoms in total. The predicted octanol–water partition coefficient (Wildman–Crippen LogP) is 2.65. The van der Waals surface area contributed by atoms with Crippen molar-refractivity contribution in [2.75, 3.05) is 6.61 Å². The number of halogens is 2. The average Bonchev–Trinajstić information content (AvgIpc) is 2.86. The van der Waals surface area contributed by atoms with Crippen molar-refractivity contribution in [3.8, 4) is 0 Å². The van der Waals surface area contributed by atoms with Crippen LogP contribution in [0.25, 0.3) is 0 Å². The van der Waals surface area contributed by atoms with Crippen molar-refractivity contribution >= 4 is 11.6 Å². The van der Waals surface area contributed by atoms with Crippen molar-refractivity contribution in [2.24, 2.45) is 28.6 Å². The molecule has 0 aliphatic heterocycles. The minimum absolute atomic E-state index is 0.111. The smallest absolute Gasteiger partial charge is 0.190 e. The van der Waals surface area contributed by atoms with Gasteiger partial charge < -0.3 is 10.2 Å². The Hall–Kier alpha value is -1.66. The van der Waals surface area contributed by atoms with Crippen molar-refractivity contribution in [1.82, 2.24) is 0 Å². The number of rotatable bonds is 2. The van der Waals surface area contributed by atoms with Crippen molar-refractivity contribution in [3.63, 3.8) is 0 Å². The van der Waals surface area contributed by atoms with Crippen LogP contribution in [0.4, 0.5) is 8.78 Å². The SMILES string of the molecule is CC1C[C@H]2[C@@H]3CC(F)C4=CC(=O)C=C[C@]4(C)[C@@]3(F)C=C[C@]2(C)[C@@]1(O)C(=O)CO. The molecule has 0 aromatic heterocycles. The maximum atomic E-state index is 16.6. The predicted molar refractivity (Wildman–Crippen MR) is 98.7 cm³/mol. The van der Waals surface area contributed by atoms with Crippen LogP contribution in [0.15, 0.2) is 36.0 Å². The molecule has 0 amide bonds. The summed E-state index contributed by atoms with van der Waals surface area (Å²) < 4.78 is 31.8. The van der Waals surface area contributed by atoms with Crippen LogP contribution in [-0.4, -0.2) is 45.8 Å². The third kappa shape index (κ3) is 2.00. The topological polar surface area (TPSA) is 74.6 Å². The van der Waals surface area contributed by atoms with Gasteiger partial charge in [-0.3, -0.25) is 9.59 Å². The molecule has 0 heterocycles. The number of aliphatic hydroxyl groups is 2. The number of ketones is 2. The maximum absolute atomic E-state index is 16.6. The van der Waals surface area contributed by atoms with Gasteiger partial charge in [0, 0.05) is 16.7 Å². The molecule has 2 saturated carbocycles. The average molecular weight is 392 g/mol. The van der Waals surface area contributed by atoms with E-state index in [1.54, 1.807) is 26.8 Å². The van der Waals surface area contributed by atoms with E-state index in [2.05, 4.69) is 0 Å². The van der Waals surface area contributed by atoms with Gasteiger partial charge in [-0.1, -0.05) is 26.0 Å². The van der Waals surface area contributed by atoms with Gasteiger partial charge in [-0.25, -0.2) is 8.78 Å². The van der Waals surface area contributed by atoms with Crippen LogP contribution in [0.3, 0.4) is 0 Å². The van der Waals surface area contributed by atoms with Crippen molar-refractivity contribution in [2.45, 2.75) is 51.1 Å². The highest BCUT2D eigenvalue weighted by molar-refractivity contribution is 6.01. The van der Waals surface area contributed by atoms with E-state index in [4.69, 9.17) is 0 Å². The molecular weight excluding hydrogens is 366 g/mol. The first-order valence-corrected chi connectivity index (χ1v) is 9.81. The largest absolute Gasteiger partial charge is 0.388 e. The lowest BCUT2D eigenvalue weighted by Gasteiger charge is -2.58. The van der Waals surface area contributed by atoms with Gasteiger partial charge in [0.05, 0.1) is 0 Å². The fourth-order valence-electron chi connectivity index (χ4n) is 6.55. The summed E-state index contributed by atoms with van der Waals surface area (Å²) in [5.41, 5.74) is -6.01. The van der Waals surface area contributed by atoms with Crippen LogP contribution in [0.1, 0.15) is 33.6 Å². The second-order valence-electron chi connectivity index (χ2n) is 9.32. The molecule has 8 atom stereocenters. The van der Waals surface area contributed by atoms with Crippen LogP contribution in [0.5, 0.6) is 0 Å². The lowest BCUT2D eigenvalue weighted by Crippen LogP contribution is -2.63. The second-order valence-corrected chi connectivity index (χ2v) is 9.32. The molecule has 0 bridgehead atoms. The number of carbonyl (C=O) groups excluding carboxylic acids is 2. The molecule has 28 heavy (non-hydrogen) atoms. The normalized spacial score (nSPS) is 52.0. The number of fused-ring (bicyclic) bond motifs is 5. The number of carbonyl (C=O) groups is 2. The lowest BCUT2D eigenvalue weighted by molar-refractivity contribution is -0.160. The Balaban J connectivity index is 1.88. The highest BCUT2D eigenvalue weighted by Gasteiger charge is 2.72. The molecule has 2 N–H and O–H groups in total. The van der Waals surface area contributed by atoms with Gasteiger partial charge in [-0.2, -0.15) is 0 Å². The maximum Gasteiger partial charge on any atom is 0.190 e. The lowest BCUT2D eigenvalue weighted by atomic mass is 9.48. The van der Waals surface area contributed by atoms with Crippen LogP contribution in [0.2, 0.25) is 0 Å². The molecule has 2 unspecified atom stereocenters. The zero-order chi connectivity index (χ0) is 20.7. The van der Waals surface area contributed by atoms with E-state index in [9.17, 15) is 19.8 Å². The minimum Gasteiger partial charge on any atom is -0.388 e. The highest BCUT2D eigenvalue weighted by Crippen LogP contribution is 2.68. The van der Waals surface area contributed by atoms with Gasteiger partial charge in [0.15, 0.2) is 11.6 Å².